The van der Waals surface area contributed by atoms with Gasteiger partial charge in [-0.2, -0.15) is 0 Å². The van der Waals surface area contributed by atoms with Crippen molar-refractivity contribution < 1.29 is 38.7 Å². The molecule has 0 heterocycles. The molecule has 6 rings (SSSR count). The fourth-order valence-corrected chi connectivity index (χ4v) is 14.8. The third-order valence-corrected chi connectivity index (χ3v) is 15.5. The van der Waals surface area contributed by atoms with Gasteiger partial charge in [0, 0.05) is 20.1 Å². The number of benzene rings is 6. The molecule has 6 aromatic carbocycles. The summed E-state index contributed by atoms with van der Waals surface area (Å²) in [6.45, 7) is 18.0. The molecule has 5 nitrogen and oxygen atoms in total. The molecule has 6 aromatic rings. The maximum absolute atomic E-state index is 7.50. The standard InChI is InChI=1S/C36H30NP2.4CO.Ir/c1-7-19-31(20-8-1)38(32-21-9-2-10-22-32,33-23-11-3-12-24-33)37-39(34-25-13-4-14-26-34,35-27-15-5-16-28-35)36-29-17-6-18-30-36;4*1-2;/h1-30H;;;;;/q+1;;;;;. The van der Waals surface area contributed by atoms with Gasteiger partial charge in [0.25, 0.3) is 0 Å². The first-order chi connectivity index (χ1) is 23.3. The molecule has 0 unspecified atom stereocenters. The van der Waals surface area contributed by atoms with E-state index in [9.17, 15) is 0 Å². The van der Waals surface area contributed by atoms with Crippen molar-refractivity contribution in [1.29, 1.82) is 0 Å². The van der Waals surface area contributed by atoms with E-state index < -0.39 is 14.1 Å². The van der Waals surface area contributed by atoms with Gasteiger partial charge in [-0.05, 0) is 72.8 Å². The largest absolute Gasteiger partial charge is 0.301 e. The summed E-state index contributed by atoms with van der Waals surface area (Å²) in [6.07, 6.45) is 0. The maximum atomic E-state index is 7.50. The van der Waals surface area contributed by atoms with Crippen molar-refractivity contribution in [1.82, 2.24) is 4.17 Å². The Bertz CT molecular complexity index is 1610. The molecule has 0 aliphatic rings. The second kappa shape index (κ2) is 22.9. The van der Waals surface area contributed by atoms with Crippen LogP contribution in [-0.2, 0) is 38.7 Å². The van der Waals surface area contributed by atoms with Crippen LogP contribution in [-0.4, -0.2) is 0 Å². The molecule has 0 bridgehead atoms. The van der Waals surface area contributed by atoms with E-state index in [0.717, 1.165) is 0 Å². The second-order valence-corrected chi connectivity index (χ2v) is 15.7. The Kier molecular flexibility index (Phi) is 19.8. The summed E-state index contributed by atoms with van der Waals surface area (Å²) < 4.78 is 36.4. The molecule has 0 saturated carbocycles. The van der Waals surface area contributed by atoms with Gasteiger partial charge in [-0.1, -0.05) is 109 Å². The number of rotatable bonds is 6. The van der Waals surface area contributed by atoms with E-state index >= 15 is 0 Å². The van der Waals surface area contributed by atoms with Gasteiger partial charge in [-0.25, -0.2) is 0 Å². The number of hydrogen-bond donors (Lipinski definition) is 0. The minimum atomic E-state index is -2.50. The Labute approximate surface area is 296 Å². The molecule has 0 aliphatic heterocycles. The van der Waals surface area contributed by atoms with Crippen molar-refractivity contribution in [3.8, 4) is 0 Å². The Balaban J connectivity index is 0.00000119. The third-order valence-electron chi connectivity index (χ3n) is 7.05. The molecule has 0 N–H and O–H groups in total. The van der Waals surface area contributed by atoms with Gasteiger partial charge < -0.3 is 0 Å². The van der Waals surface area contributed by atoms with Gasteiger partial charge in [0.05, 0.1) is 31.8 Å². The van der Waals surface area contributed by atoms with Gasteiger partial charge in [-0.15, -0.1) is 4.17 Å². The van der Waals surface area contributed by atoms with Gasteiger partial charge >= 0.3 is 59.3 Å². The summed E-state index contributed by atoms with van der Waals surface area (Å²) in [4.78, 5) is 0. The van der Waals surface area contributed by atoms with Crippen LogP contribution in [0.4, 0.5) is 0 Å². The van der Waals surface area contributed by atoms with Crippen molar-refractivity contribution in [2.24, 2.45) is 0 Å². The SMILES string of the molecule is [C-]#[O+].[C-]#[O+].[C-]#[O+].[C-]#[O+].[Ir].c1ccc(P(=[N+]=P(c2ccccc2)(c2ccccc2)c2ccccc2)(c2ccccc2)c2ccccc2)cc1. The van der Waals surface area contributed by atoms with Gasteiger partial charge in [0.2, 0.25) is 0 Å². The van der Waals surface area contributed by atoms with Gasteiger partial charge in [0.15, 0.2) is 0 Å². The minimum Gasteiger partial charge on any atom is -0.148 e. The topological polar surface area (TPSA) is 93.7 Å². The molecular weight excluding hydrogens is 813 g/mol. The Morgan fingerprint density at radius 2 is 0.396 bits per heavy atom. The van der Waals surface area contributed by atoms with Crippen LogP contribution in [0.5, 0.6) is 0 Å². The normalized spacial score (nSPS) is 9.50. The molecule has 0 spiro atoms. The maximum Gasteiger partial charge on any atom is 0.301 e. The van der Waals surface area contributed by atoms with Crippen LogP contribution in [0, 0.1) is 26.6 Å². The molecule has 0 atom stereocenters. The van der Waals surface area contributed by atoms with Crippen LogP contribution in [0.2, 0.25) is 0 Å². The average Bonchev–Trinajstić information content (AvgIpc) is 3.21. The first-order valence-electron chi connectivity index (χ1n) is 14.0. The van der Waals surface area contributed by atoms with Crippen LogP contribution in [0.15, 0.2) is 182 Å². The monoisotopic (exact) mass is 843 g/mol. The van der Waals surface area contributed by atoms with Crippen molar-refractivity contribution >= 4 is 45.9 Å². The molecule has 0 aromatic heterocycles. The average molecular weight is 843 g/mol. The van der Waals surface area contributed by atoms with E-state index in [1.165, 1.54) is 31.8 Å². The van der Waals surface area contributed by atoms with Crippen LogP contribution in [0.25, 0.3) is 0 Å². The fraction of sp³-hybridized carbons (Fsp3) is 0. The summed E-state index contributed by atoms with van der Waals surface area (Å²) in [5, 5.41) is 7.55. The molecule has 8 heteroatoms. The van der Waals surface area contributed by atoms with E-state index in [2.05, 4.69) is 209 Å². The summed E-state index contributed by atoms with van der Waals surface area (Å²) in [5.74, 6) is 0. The van der Waals surface area contributed by atoms with Gasteiger partial charge in [0.1, 0.15) is 0 Å². The zero-order valence-corrected chi connectivity index (χ0v) is 29.8. The summed E-state index contributed by atoms with van der Waals surface area (Å²) >= 11 is 0. The summed E-state index contributed by atoms with van der Waals surface area (Å²) in [5.41, 5.74) is 0. The Hall–Kier alpha value is -4.50. The first kappa shape index (κ1) is 41.5. The third kappa shape index (κ3) is 9.31. The summed E-state index contributed by atoms with van der Waals surface area (Å²) in [7, 11) is -4.99. The minimum absolute atomic E-state index is 0. The molecule has 0 saturated heterocycles. The fourth-order valence-electron chi connectivity index (χ4n) is 5.27. The molecule has 0 amide bonds. The molecule has 0 aliphatic carbocycles. The van der Waals surface area contributed by atoms with Crippen molar-refractivity contribution in [3.63, 3.8) is 0 Å². The van der Waals surface area contributed by atoms with Gasteiger partial charge in [-0.3, -0.25) is 0 Å². The smallest absolute Gasteiger partial charge is 0.148 e. The van der Waals surface area contributed by atoms with Crippen LogP contribution in [0.3, 0.4) is 0 Å². The van der Waals surface area contributed by atoms with Crippen molar-refractivity contribution in [3.05, 3.63) is 209 Å². The zero-order chi connectivity index (χ0) is 34.4. The second-order valence-electron chi connectivity index (χ2n) is 9.37. The Morgan fingerprint density at radius 3 is 0.521 bits per heavy atom. The Morgan fingerprint density at radius 1 is 0.271 bits per heavy atom. The molecule has 1 radical (unpaired) electrons. The molecule has 0 fully saturated rings. The van der Waals surface area contributed by atoms with Crippen molar-refractivity contribution in [2.45, 2.75) is 0 Å². The first-order valence-corrected chi connectivity index (χ1v) is 17.5. The molecule has 48 heavy (non-hydrogen) atoms. The van der Waals surface area contributed by atoms with Crippen LogP contribution in [0.1, 0.15) is 0 Å². The van der Waals surface area contributed by atoms with Crippen molar-refractivity contribution in [2.75, 3.05) is 0 Å². The molecule has 237 valence electrons. The van der Waals surface area contributed by atoms with Crippen LogP contribution < -0.4 is 36.0 Å². The number of hydrogen-bond acceptors (Lipinski definition) is 0. The van der Waals surface area contributed by atoms with E-state index in [-0.39, 0.29) is 20.1 Å². The predicted molar refractivity (Wildman–Crippen MR) is 188 cm³/mol. The summed E-state index contributed by atoms with van der Waals surface area (Å²) in [6, 6.07) is 65.7. The number of nitrogens with zero attached hydrogens (tertiary/aromatic N) is 1. The van der Waals surface area contributed by atoms with E-state index in [4.69, 9.17) is 22.8 Å². The van der Waals surface area contributed by atoms with E-state index in [1.807, 2.05) is 0 Å². The zero-order valence-electron chi connectivity index (χ0n) is 25.6. The van der Waals surface area contributed by atoms with E-state index in [0.29, 0.717) is 0 Å². The predicted octanol–water partition coefficient (Wildman–Crippen LogP) is 6.26. The van der Waals surface area contributed by atoms with Crippen LogP contribution >= 0.6 is 14.1 Å². The molecular formula is C40H30IrNO4P2+. The van der Waals surface area contributed by atoms with E-state index in [1.54, 1.807) is 0 Å². The quantitative estimate of drug-likeness (QED) is 0.0821.